The van der Waals surface area contributed by atoms with Crippen LogP contribution in [0.5, 0.6) is 5.75 Å². The molecule has 0 saturated heterocycles. The van der Waals surface area contributed by atoms with E-state index in [2.05, 4.69) is 10.3 Å². The van der Waals surface area contributed by atoms with Crippen LogP contribution in [-0.2, 0) is 4.79 Å². The largest absolute Gasteiger partial charge is 0.422 e. The number of esters is 1. The third kappa shape index (κ3) is 4.77. The Morgan fingerprint density at radius 2 is 2.04 bits per heavy atom. The molecule has 0 aliphatic carbocycles. The van der Waals surface area contributed by atoms with E-state index in [1.54, 1.807) is 24.0 Å². The fourth-order valence-corrected chi connectivity index (χ4v) is 2.75. The molecule has 1 heterocycles. The van der Waals surface area contributed by atoms with Crippen LogP contribution in [0.25, 0.3) is 0 Å². The number of carbonyl (C=O) groups excluding carboxylic acids is 3. The van der Waals surface area contributed by atoms with E-state index in [0.717, 1.165) is 0 Å². The summed E-state index contributed by atoms with van der Waals surface area (Å²) in [6.45, 7) is 1.46. The molecule has 0 bridgehead atoms. The number of primary amides is 1. The SMILES string of the molecule is Cc1nc(N(C)C)sc1C(=O)Oc1cccc(C(=O)NCC(N)=O)c1. The molecular weight excluding hydrogens is 344 g/mol. The maximum Gasteiger partial charge on any atom is 0.355 e. The molecule has 0 spiro atoms. The number of nitrogens with one attached hydrogen (secondary N) is 1. The van der Waals surface area contributed by atoms with Gasteiger partial charge in [-0.25, -0.2) is 9.78 Å². The van der Waals surface area contributed by atoms with E-state index in [1.807, 2.05) is 14.1 Å². The van der Waals surface area contributed by atoms with Crippen molar-refractivity contribution in [3.8, 4) is 5.75 Å². The van der Waals surface area contributed by atoms with Crippen molar-refractivity contribution in [1.29, 1.82) is 0 Å². The first-order valence-electron chi connectivity index (χ1n) is 7.31. The number of nitrogens with two attached hydrogens (primary N) is 1. The van der Waals surface area contributed by atoms with E-state index >= 15 is 0 Å². The van der Waals surface area contributed by atoms with Crippen LogP contribution < -0.4 is 20.7 Å². The first kappa shape index (κ1) is 18.4. The quantitative estimate of drug-likeness (QED) is 0.584. The van der Waals surface area contributed by atoms with E-state index in [-0.39, 0.29) is 17.9 Å². The molecule has 9 heteroatoms. The number of benzene rings is 1. The van der Waals surface area contributed by atoms with E-state index in [1.165, 1.54) is 23.5 Å². The number of hydrogen-bond acceptors (Lipinski definition) is 7. The second-order valence-electron chi connectivity index (χ2n) is 5.37. The summed E-state index contributed by atoms with van der Waals surface area (Å²) in [5, 5.41) is 3.07. The lowest BCUT2D eigenvalue weighted by Gasteiger charge is -2.07. The molecule has 8 nitrogen and oxygen atoms in total. The van der Waals surface area contributed by atoms with Gasteiger partial charge in [-0.1, -0.05) is 17.4 Å². The van der Waals surface area contributed by atoms with Gasteiger partial charge < -0.3 is 20.7 Å². The molecular formula is C16H18N4O4S. The number of hydrogen-bond donors (Lipinski definition) is 2. The summed E-state index contributed by atoms with van der Waals surface area (Å²) >= 11 is 1.23. The Bertz CT molecular complexity index is 816. The molecule has 1 aromatic carbocycles. The van der Waals surface area contributed by atoms with E-state index in [4.69, 9.17) is 10.5 Å². The Labute approximate surface area is 148 Å². The van der Waals surface area contributed by atoms with Crippen molar-refractivity contribution >= 4 is 34.3 Å². The predicted molar refractivity (Wildman–Crippen MR) is 94.1 cm³/mol. The minimum absolute atomic E-state index is 0.218. The van der Waals surface area contributed by atoms with Crippen molar-refractivity contribution in [2.24, 2.45) is 5.73 Å². The molecule has 3 N–H and O–H groups in total. The molecule has 132 valence electrons. The minimum atomic E-state index is -0.645. The van der Waals surface area contributed by atoms with Gasteiger partial charge in [-0.2, -0.15) is 0 Å². The molecule has 0 saturated carbocycles. The molecule has 2 amide bonds. The van der Waals surface area contributed by atoms with E-state index in [0.29, 0.717) is 15.7 Å². The molecule has 25 heavy (non-hydrogen) atoms. The fraction of sp³-hybridized carbons (Fsp3) is 0.250. The Balaban J connectivity index is 2.12. The summed E-state index contributed by atoms with van der Waals surface area (Å²) in [4.78, 5) is 41.5. The van der Waals surface area contributed by atoms with Crippen molar-refractivity contribution < 1.29 is 19.1 Å². The van der Waals surface area contributed by atoms with Gasteiger partial charge in [-0.15, -0.1) is 0 Å². The highest BCUT2D eigenvalue weighted by molar-refractivity contribution is 7.17. The topological polar surface area (TPSA) is 115 Å². The highest BCUT2D eigenvalue weighted by Gasteiger charge is 2.19. The Morgan fingerprint density at radius 1 is 1.32 bits per heavy atom. The van der Waals surface area contributed by atoms with Gasteiger partial charge in [0.1, 0.15) is 10.6 Å². The first-order chi connectivity index (χ1) is 11.8. The van der Waals surface area contributed by atoms with Crippen LogP contribution in [0, 0.1) is 6.92 Å². The number of amides is 2. The maximum atomic E-state index is 12.3. The number of ether oxygens (including phenoxy) is 1. The molecule has 0 aliphatic heterocycles. The number of nitrogens with zero attached hydrogens (tertiary/aromatic N) is 2. The lowest BCUT2D eigenvalue weighted by atomic mass is 10.2. The van der Waals surface area contributed by atoms with Crippen molar-refractivity contribution in [3.05, 3.63) is 40.4 Å². The summed E-state index contributed by atoms with van der Waals surface area (Å²) < 4.78 is 5.33. The van der Waals surface area contributed by atoms with Gasteiger partial charge in [-0.05, 0) is 25.1 Å². The smallest absolute Gasteiger partial charge is 0.355 e. The van der Waals surface area contributed by atoms with Crippen molar-refractivity contribution in [2.45, 2.75) is 6.92 Å². The average Bonchev–Trinajstić information content (AvgIpc) is 2.95. The monoisotopic (exact) mass is 362 g/mol. The highest BCUT2D eigenvalue weighted by atomic mass is 32.1. The number of aryl methyl sites for hydroxylation is 1. The Morgan fingerprint density at radius 3 is 2.64 bits per heavy atom. The fourth-order valence-electron chi connectivity index (χ4n) is 1.89. The maximum absolute atomic E-state index is 12.3. The molecule has 0 fully saturated rings. The molecule has 0 radical (unpaired) electrons. The molecule has 0 unspecified atom stereocenters. The summed E-state index contributed by atoms with van der Waals surface area (Å²) in [7, 11) is 3.67. The van der Waals surface area contributed by atoms with Crippen molar-refractivity contribution in [1.82, 2.24) is 10.3 Å². The molecule has 2 rings (SSSR count). The summed E-state index contributed by atoms with van der Waals surface area (Å²) in [6, 6.07) is 6.09. The number of thiazole rings is 1. The zero-order valence-electron chi connectivity index (χ0n) is 14.0. The highest BCUT2D eigenvalue weighted by Crippen LogP contribution is 2.26. The molecule has 0 aliphatic rings. The average molecular weight is 362 g/mol. The zero-order chi connectivity index (χ0) is 18.6. The third-order valence-corrected chi connectivity index (χ3v) is 4.39. The standard InChI is InChI=1S/C16H18N4O4S/c1-9-13(25-16(19-9)20(2)3)15(23)24-11-6-4-5-10(7-11)14(22)18-8-12(17)21/h4-7H,8H2,1-3H3,(H2,17,21)(H,18,22). The number of carbonyl (C=O) groups is 3. The van der Waals surface area contributed by atoms with Gasteiger partial charge in [0.25, 0.3) is 5.91 Å². The second kappa shape index (κ2) is 7.75. The molecule has 2 aromatic rings. The van der Waals surface area contributed by atoms with E-state index in [9.17, 15) is 14.4 Å². The lowest BCUT2D eigenvalue weighted by Crippen LogP contribution is -2.33. The predicted octanol–water partition coefficient (Wildman–Crippen LogP) is 0.952. The summed E-state index contributed by atoms with van der Waals surface area (Å²) in [5.41, 5.74) is 5.81. The second-order valence-corrected chi connectivity index (χ2v) is 6.35. The van der Waals surface area contributed by atoms with Gasteiger partial charge >= 0.3 is 5.97 Å². The van der Waals surface area contributed by atoms with Crippen LogP contribution in [0.3, 0.4) is 0 Å². The van der Waals surface area contributed by atoms with Crippen LogP contribution in [0.2, 0.25) is 0 Å². The summed E-state index contributed by atoms with van der Waals surface area (Å²) in [5.74, 6) is -1.46. The molecule has 1 aromatic heterocycles. The van der Waals surface area contributed by atoms with Crippen LogP contribution in [0.15, 0.2) is 24.3 Å². The zero-order valence-corrected chi connectivity index (χ0v) is 14.8. The number of aromatic nitrogens is 1. The third-order valence-electron chi connectivity index (χ3n) is 3.08. The van der Waals surface area contributed by atoms with Gasteiger partial charge in [0.2, 0.25) is 5.91 Å². The normalized spacial score (nSPS) is 10.2. The number of anilines is 1. The first-order valence-corrected chi connectivity index (χ1v) is 8.13. The van der Waals surface area contributed by atoms with Gasteiger partial charge in [0.05, 0.1) is 12.2 Å². The van der Waals surface area contributed by atoms with Crippen molar-refractivity contribution in [2.75, 3.05) is 25.5 Å². The Kier molecular flexibility index (Phi) is 5.71. The Hall–Kier alpha value is -2.94. The minimum Gasteiger partial charge on any atom is -0.422 e. The van der Waals surface area contributed by atoms with Crippen LogP contribution >= 0.6 is 11.3 Å². The van der Waals surface area contributed by atoms with Crippen molar-refractivity contribution in [3.63, 3.8) is 0 Å². The van der Waals surface area contributed by atoms with Gasteiger partial charge in [0, 0.05) is 19.7 Å². The van der Waals surface area contributed by atoms with E-state index < -0.39 is 17.8 Å². The molecule has 0 atom stereocenters. The summed E-state index contributed by atoms with van der Waals surface area (Å²) in [6.07, 6.45) is 0. The lowest BCUT2D eigenvalue weighted by molar-refractivity contribution is -0.117. The van der Waals surface area contributed by atoms with Gasteiger partial charge in [-0.3, -0.25) is 9.59 Å². The van der Waals surface area contributed by atoms with Crippen LogP contribution in [-0.4, -0.2) is 43.4 Å². The number of rotatable bonds is 6. The van der Waals surface area contributed by atoms with Crippen LogP contribution in [0.4, 0.5) is 5.13 Å². The van der Waals surface area contributed by atoms with Gasteiger partial charge in [0.15, 0.2) is 5.13 Å². The van der Waals surface area contributed by atoms with Crippen LogP contribution in [0.1, 0.15) is 25.7 Å².